The maximum atomic E-state index is 13.5. The van der Waals surface area contributed by atoms with E-state index in [2.05, 4.69) is 16.0 Å². The van der Waals surface area contributed by atoms with E-state index >= 15 is 0 Å². The molecule has 0 heterocycles. The fraction of sp³-hybridized carbons (Fsp3) is 0.118. The number of carbonyl (C=O) groups is 4. The van der Waals surface area contributed by atoms with Crippen molar-refractivity contribution in [1.29, 1.82) is 0 Å². The highest BCUT2D eigenvalue weighted by atomic mass is 35.5. The summed E-state index contributed by atoms with van der Waals surface area (Å²) in [5, 5.41) is 17.2. The molecule has 10 heteroatoms. The smallest absolute Gasteiger partial charge is 0.337 e. The number of halogens is 1. The maximum Gasteiger partial charge on any atom is 0.337 e. The lowest BCUT2D eigenvalue weighted by Crippen LogP contribution is -2.30. The summed E-state index contributed by atoms with van der Waals surface area (Å²) in [6, 6.07) is 27.5. The molecule has 4 rings (SSSR count). The minimum absolute atomic E-state index is 0.0667. The fourth-order valence-electron chi connectivity index (χ4n) is 4.19. The number of aromatic carboxylic acids is 1. The molecule has 0 aliphatic rings. The Kier molecular flexibility index (Phi) is 11.0. The lowest BCUT2D eigenvalue weighted by molar-refractivity contribution is -0.116. The van der Waals surface area contributed by atoms with E-state index < -0.39 is 23.0 Å². The number of nitrogens with one attached hydrogen (secondary N) is 3. The molecule has 0 aliphatic heterocycles. The van der Waals surface area contributed by atoms with Crippen LogP contribution in [0.15, 0.2) is 108 Å². The second-order valence-electron chi connectivity index (χ2n) is 9.78. The highest BCUT2D eigenvalue weighted by molar-refractivity contribution is 8.00. The van der Waals surface area contributed by atoms with E-state index in [9.17, 15) is 24.3 Å². The number of benzene rings is 4. The van der Waals surface area contributed by atoms with Crippen molar-refractivity contribution in [2.24, 2.45) is 0 Å². The van der Waals surface area contributed by atoms with E-state index in [0.29, 0.717) is 23.4 Å². The van der Waals surface area contributed by atoms with Gasteiger partial charge in [0.1, 0.15) is 5.70 Å². The molecule has 0 saturated carbocycles. The lowest BCUT2D eigenvalue weighted by atomic mass is 10.1. The predicted molar refractivity (Wildman–Crippen MR) is 175 cm³/mol. The number of thioether (sulfide) groups is 1. The van der Waals surface area contributed by atoms with Gasteiger partial charge in [0.15, 0.2) is 0 Å². The summed E-state index contributed by atoms with van der Waals surface area (Å²) in [6.45, 7) is 3.81. The van der Waals surface area contributed by atoms with Crippen molar-refractivity contribution in [3.63, 3.8) is 0 Å². The largest absolute Gasteiger partial charge is 0.478 e. The molecule has 1 atom stereocenters. The van der Waals surface area contributed by atoms with Crippen molar-refractivity contribution < 1.29 is 24.3 Å². The third-order valence-corrected chi connectivity index (χ3v) is 8.07. The Hall–Kier alpha value is -4.86. The van der Waals surface area contributed by atoms with Crippen LogP contribution in [0, 0.1) is 6.92 Å². The maximum absolute atomic E-state index is 13.5. The van der Waals surface area contributed by atoms with Crippen molar-refractivity contribution in [1.82, 2.24) is 5.32 Å². The zero-order valence-corrected chi connectivity index (χ0v) is 25.5. The van der Waals surface area contributed by atoms with Gasteiger partial charge in [-0.2, -0.15) is 0 Å². The first kappa shape index (κ1) is 32.1. The molecule has 0 aliphatic carbocycles. The van der Waals surface area contributed by atoms with Gasteiger partial charge in [-0.1, -0.05) is 72.6 Å². The number of anilines is 2. The van der Waals surface area contributed by atoms with Crippen molar-refractivity contribution in [3.8, 4) is 0 Å². The molecule has 1 unspecified atom stereocenters. The number of rotatable bonds is 11. The normalized spacial score (nSPS) is 11.8. The van der Waals surface area contributed by atoms with Gasteiger partial charge in [-0.15, -0.1) is 11.8 Å². The average Bonchev–Trinajstić information content (AvgIpc) is 3.01. The van der Waals surface area contributed by atoms with E-state index in [1.54, 1.807) is 60.7 Å². The summed E-state index contributed by atoms with van der Waals surface area (Å²) >= 11 is 7.24. The third-order valence-electron chi connectivity index (χ3n) is 6.38. The summed E-state index contributed by atoms with van der Waals surface area (Å²) in [5.41, 5.74) is 2.92. The molecule has 8 nitrogen and oxygen atoms in total. The molecule has 0 fully saturated rings. The number of amides is 3. The average molecular weight is 628 g/mol. The van der Waals surface area contributed by atoms with Crippen LogP contribution < -0.4 is 16.0 Å². The molecular formula is C34H30ClN3O5S. The molecule has 0 saturated heterocycles. The zero-order valence-electron chi connectivity index (χ0n) is 24.0. The Morgan fingerprint density at radius 3 is 2.30 bits per heavy atom. The molecule has 224 valence electrons. The summed E-state index contributed by atoms with van der Waals surface area (Å²) < 4.78 is 0. The summed E-state index contributed by atoms with van der Waals surface area (Å²) in [5.74, 6) is -2.43. The molecule has 0 aromatic heterocycles. The number of carbonyl (C=O) groups excluding carboxylic acids is 3. The van der Waals surface area contributed by atoms with E-state index in [-0.39, 0.29) is 22.2 Å². The molecular weight excluding hydrogens is 598 g/mol. The molecule has 4 aromatic rings. The molecule has 44 heavy (non-hydrogen) atoms. The molecule has 0 bridgehead atoms. The number of aryl methyl sites for hydroxylation is 1. The van der Waals surface area contributed by atoms with Crippen LogP contribution in [0.4, 0.5) is 11.4 Å². The zero-order chi connectivity index (χ0) is 31.6. The Bertz CT molecular complexity index is 1730. The SMILES string of the molecule is CCC(Sc1cccc(NC(=O)/C(=C\c2cccc(C)c2)NC(=O)c2ccccc2)c1)C(=O)Nc1ccc(Cl)c(C(=O)O)c1. The minimum atomic E-state index is -1.19. The van der Waals surface area contributed by atoms with Crippen molar-refractivity contribution in [2.75, 3.05) is 10.6 Å². The second-order valence-corrected chi connectivity index (χ2v) is 11.5. The first-order chi connectivity index (χ1) is 21.1. The second kappa shape index (κ2) is 15.0. The van der Waals surface area contributed by atoms with Crippen LogP contribution in [0.25, 0.3) is 6.08 Å². The van der Waals surface area contributed by atoms with Crippen LogP contribution >= 0.6 is 23.4 Å². The third kappa shape index (κ3) is 8.82. The van der Waals surface area contributed by atoms with Crippen molar-refractivity contribution >= 4 is 64.5 Å². The molecule has 3 amide bonds. The van der Waals surface area contributed by atoms with Crippen molar-refractivity contribution in [3.05, 3.63) is 130 Å². The van der Waals surface area contributed by atoms with Gasteiger partial charge in [0.05, 0.1) is 15.8 Å². The Labute approximate surface area is 264 Å². The van der Waals surface area contributed by atoms with Gasteiger partial charge in [-0.3, -0.25) is 14.4 Å². The van der Waals surface area contributed by atoms with Gasteiger partial charge in [-0.05, 0) is 73.5 Å². The first-order valence-electron chi connectivity index (χ1n) is 13.7. The topological polar surface area (TPSA) is 125 Å². The van der Waals surface area contributed by atoms with Crippen LogP contribution in [0.1, 0.15) is 45.2 Å². The summed E-state index contributed by atoms with van der Waals surface area (Å²) in [7, 11) is 0. The predicted octanol–water partition coefficient (Wildman–Crippen LogP) is 7.27. The van der Waals surface area contributed by atoms with E-state index in [1.807, 2.05) is 44.2 Å². The van der Waals surface area contributed by atoms with Gasteiger partial charge in [0.25, 0.3) is 11.8 Å². The summed E-state index contributed by atoms with van der Waals surface area (Å²) in [4.78, 5) is 51.6. The number of carboxylic acid groups (broad SMARTS) is 1. The molecule has 4 aromatic carbocycles. The monoisotopic (exact) mass is 627 g/mol. The van der Waals surface area contributed by atoms with Crippen LogP contribution in [-0.2, 0) is 9.59 Å². The number of hydrogen-bond acceptors (Lipinski definition) is 5. The fourth-order valence-corrected chi connectivity index (χ4v) is 5.40. The Balaban J connectivity index is 1.50. The van der Waals surface area contributed by atoms with E-state index in [0.717, 1.165) is 16.0 Å². The van der Waals surface area contributed by atoms with Crippen molar-refractivity contribution in [2.45, 2.75) is 30.4 Å². The van der Waals surface area contributed by atoms with Gasteiger partial charge in [-0.25, -0.2) is 4.79 Å². The molecule has 0 spiro atoms. The van der Waals surface area contributed by atoms with Crippen LogP contribution in [0.2, 0.25) is 5.02 Å². The molecule has 4 N–H and O–H groups in total. The number of carboxylic acids is 1. The Morgan fingerprint density at radius 2 is 1.59 bits per heavy atom. The van der Waals surface area contributed by atoms with Gasteiger partial charge < -0.3 is 21.1 Å². The highest BCUT2D eigenvalue weighted by Crippen LogP contribution is 2.29. The van der Waals surface area contributed by atoms with E-state index in [4.69, 9.17) is 11.6 Å². The summed E-state index contributed by atoms with van der Waals surface area (Å²) in [6.07, 6.45) is 2.10. The standard InChI is InChI=1S/C34H30ClN3O5S/c1-3-30(33(41)37-25-15-16-28(35)27(20-25)34(42)43)44-26-14-8-13-24(19-26)36-32(40)29(18-22-10-7-9-21(2)17-22)38-31(39)23-11-5-4-6-12-23/h4-20,30H,3H2,1-2H3,(H,36,40)(H,37,41)(H,38,39)(H,42,43)/b29-18+. The Morgan fingerprint density at radius 1 is 0.864 bits per heavy atom. The minimum Gasteiger partial charge on any atom is -0.478 e. The van der Waals surface area contributed by atoms with Gasteiger partial charge >= 0.3 is 5.97 Å². The van der Waals surface area contributed by atoms with Crippen LogP contribution in [-0.4, -0.2) is 34.0 Å². The van der Waals surface area contributed by atoms with Crippen LogP contribution in [0.3, 0.4) is 0 Å². The first-order valence-corrected chi connectivity index (χ1v) is 14.9. The molecule has 0 radical (unpaired) electrons. The highest BCUT2D eigenvalue weighted by Gasteiger charge is 2.20. The van der Waals surface area contributed by atoms with Crippen LogP contribution in [0.5, 0.6) is 0 Å². The van der Waals surface area contributed by atoms with E-state index in [1.165, 1.54) is 23.9 Å². The number of hydrogen-bond donors (Lipinski definition) is 4. The van der Waals surface area contributed by atoms with Gasteiger partial charge in [0.2, 0.25) is 5.91 Å². The quantitative estimate of drug-likeness (QED) is 0.102. The lowest BCUT2D eigenvalue weighted by Gasteiger charge is -2.16. The van der Waals surface area contributed by atoms with Gasteiger partial charge in [0, 0.05) is 21.8 Å².